The first kappa shape index (κ1) is 23.4. The quantitative estimate of drug-likeness (QED) is 0.566. The van der Waals surface area contributed by atoms with Gasteiger partial charge >= 0.3 is 5.97 Å². The van der Waals surface area contributed by atoms with E-state index in [9.17, 15) is 18.8 Å². The molecule has 1 aromatic heterocycles. The number of ether oxygens (including phenoxy) is 1. The molecule has 1 saturated carbocycles. The lowest BCUT2D eigenvalue weighted by atomic mass is 10.1. The van der Waals surface area contributed by atoms with Gasteiger partial charge in [0, 0.05) is 19.0 Å². The summed E-state index contributed by atoms with van der Waals surface area (Å²) < 4.78 is 18.5. The monoisotopic (exact) mass is 473 g/mol. The zero-order chi connectivity index (χ0) is 23.5. The second kappa shape index (κ2) is 9.99. The fraction of sp³-hybridized carbons (Fsp3) is 0.500. The highest BCUT2D eigenvalue weighted by atomic mass is 32.1. The summed E-state index contributed by atoms with van der Waals surface area (Å²) in [5, 5.41) is 0.372. The van der Waals surface area contributed by atoms with Crippen LogP contribution in [-0.2, 0) is 20.9 Å². The number of esters is 1. The second-order valence-electron chi connectivity index (χ2n) is 8.57. The smallest absolute Gasteiger partial charge is 0.350 e. The molecule has 1 saturated heterocycles. The number of likely N-dealkylation sites (tertiary alicyclic amines) is 1. The summed E-state index contributed by atoms with van der Waals surface area (Å²) in [6.45, 7) is 4.24. The molecule has 33 heavy (non-hydrogen) atoms. The Balaban J connectivity index is 1.61. The van der Waals surface area contributed by atoms with E-state index in [1.165, 1.54) is 17.0 Å². The molecule has 2 heterocycles. The van der Waals surface area contributed by atoms with E-state index in [0.717, 1.165) is 42.6 Å². The molecule has 2 fully saturated rings. The Kier molecular flexibility index (Phi) is 7.07. The lowest BCUT2D eigenvalue weighted by Gasteiger charge is -2.26. The van der Waals surface area contributed by atoms with Gasteiger partial charge in [-0.3, -0.25) is 14.5 Å². The Labute approximate surface area is 196 Å². The van der Waals surface area contributed by atoms with E-state index in [1.807, 2.05) is 4.90 Å². The number of thiazole rings is 1. The summed E-state index contributed by atoms with van der Waals surface area (Å²) in [6.07, 6.45) is 4.36. The number of rotatable bonds is 7. The molecule has 1 atom stereocenters. The summed E-state index contributed by atoms with van der Waals surface area (Å²) in [7, 11) is 0. The standard InChI is InChI=1S/C24H28FN3O4S/c1-3-32-23(31)21-15(2)26-24(33-21)28(13-16-8-10-18(25)11-9-16)22(30)17-12-20(29)27(14-17)19-6-4-5-7-19/h8-11,17,19H,3-7,12-14H2,1-2H3. The van der Waals surface area contributed by atoms with Gasteiger partial charge in [0.25, 0.3) is 0 Å². The number of aromatic nitrogens is 1. The Morgan fingerprint density at radius 1 is 1.24 bits per heavy atom. The van der Waals surface area contributed by atoms with Crippen LogP contribution in [0.2, 0.25) is 0 Å². The molecule has 1 aliphatic carbocycles. The van der Waals surface area contributed by atoms with Crippen molar-refractivity contribution in [2.75, 3.05) is 18.1 Å². The maximum Gasteiger partial charge on any atom is 0.350 e. The minimum absolute atomic E-state index is 0.0181. The highest BCUT2D eigenvalue weighted by Crippen LogP contribution is 2.33. The number of aryl methyl sites for hydroxylation is 1. The SMILES string of the molecule is CCOC(=O)c1sc(N(Cc2ccc(F)cc2)C(=O)C2CC(=O)N(C3CCCC3)C2)nc1C. The molecule has 2 aromatic rings. The third-order valence-electron chi connectivity index (χ3n) is 6.27. The van der Waals surface area contributed by atoms with Crippen molar-refractivity contribution >= 4 is 34.3 Å². The number of amides is 2. The van der Waals surface area contributed by atoms with Crippen molar-refractivity contribution in [1.29, 1.82) is 0 Å². The number of carbonyl (C=O) groups is 3. The van der Waals surface area contributed by atoms with Gasteiger partial charge in [0.1, 0.15) is 10.7 Å². The fourth-order valence-corrected chi connectivity index (χ4v) is 5.55. The molecule has 0 spiro atoms. The first-order valence-corrected chi connectivity index (χ1v) is 12.2. The van der Waals surface area contributed by atoms with Crippen LogP contribution in [0, 0.1) is 18.7 Å². The van der Waals surface area contributed by atoms with Crippen LogP contribution in [0.4, 0.5) is 9.52 Å². The highest BCUT2D eigenvalue weighted by molar-refractivity contribution is 7.17. The zero-order valence-electron chi connectivity index (χ0n) is 18.9. The predicted octanol–water partition coefficient (Wildman–Crippen LogP) is 4.09. The Morgan fingerprint density at radius 3 is 2.61 bits per heavy atom. The summed E-state index contributed by atoms with van der Waals surface area (Å²) >= 11 is 1.10. The number of anilines is 1. The zero-order valence-corrected chi connectivity index (χ0v) is 19.7. The number of hydrogen-bond acceptors (Lipinski definition) is 6. The van der Waals surface area contributed by atoms with Crippen LogP contribution in [0.5, 0.6) is 0 Å². The first-order chi connectivity index (χ1) is 15.9. The van der Waals surface area contributed by atoms with Gasteiger partial charge in [-0.25, -0.2) is 14.2 Å². The second-order valence-corrected chi connectivity index (χ2v) is 9.55. The lowest BCUT2D eigenvalue weighted by Crippen LogP contribution is -2.39. The molecule has 2 aliphatic rings. The van der Waals surface area contributed by atoms with Crippen LogP contribution >= 0.6 is 11.3 Å². The van der Waals surface area contributed by atoms with Gasteiger partial charge in [0.2, 0.25) is 11.8 Å². The third kappa shape index (κ3) is 5.08. The molecule has 4 rings (SSSR count). The number of benzene rings is 1. The minimum Gasteiger partial charge on any atom is -0.462 e. The van der Waals surface area contributed by atoms with Crippen LogP contribution in [0.3, 0.4) is 0 Å². The molecule has 1 aliphatic heterocycles. The molecule has 176 valence electrons. The van der Waals surface area contributed by atoms with Gasteiger partial charge in [-0.05, 0) is 44.4 Å². The first-order valence-electron chi connectivity index (χ1n) is 11.4. The van der Waals surface area contributed by atoms with Crippen molar-refractivity contribution in [3.05, 3.63) is 46.2 Å². The molecule has 2 amide bonds. The summed E-state index contributed by atoms with van der Waals surface area (Å²) in [4.78, 5) is 46.9. The van der Waals surface area contributed by atoms with Crippen molar-refractivity contribution in [1.82, 2.24) is 9.88 Å². The normalized spacial score (nSPS) is 18.7. The van der Waals surface area contributed by atoms with Crippen molar-refractivity contribution in [2.45, 2.75) is 58.5 Å². The Hall–Kier alpha value is -2.81. The van der Waals surface area contributed by atoms with Gasteiger partial charge < -0.3 is 9.64 Å². The molecule has 1 unspecified atom stereocenters. The van der Waals surface area contributed by atoms with Gasteiger partial charge in [-0.15, -0.1) is 0 Å². The average molecular weight is 474 g/mol. The molecule has 0 bridgehead atoms. The van der Waals surface area contributed by atoms with Crippen molar-refractivity contribution < 1.29 is 23.5 Å². The summed E-state index contributed by atoms with van der Waals surface area (Å²) in [5.74, 6) is -1.51. The molecule has 7 nitrogen and oxygen atoms in total. The Bertz CT molecular complexity index is 1030. The van der Waals surface area contributed by atoms with E-state index in [4.69, 9.17) is 4.74 Å². The highest BCUT2D eigenvalue weighted by Gasteiger charge is 2.41. The van der Waals surface area contributed by atoms with E-state index in [1.54, 1.807) is 26.0 Å². The van der Waals surface area contributed by atoms with Gasteiger partial charge in [-0.2, -0.15) is 0 Å². The number of halogens is 1. The molecule has 9 heteroatoms. The Morgan fingerprint density at radius 2 is 1.94 bits per heavy atom. The molecular weight excluding hydrogens is 445 g/mol. The van der Waals surface area contributed by atoms with E-state index in [-0.39, 0.29) is 43.2 Å². The predicted molar refractivity (Wildman–Crippen MR) is 122 cm³/mol. The maximum absolute atomic E-state index is 13.7. The maximum atomic E-state index is 13.7. The van der Waals surface area contributed by atoms with Crippen LogP contribution < -0.4 is 4.90 Å². The molecule has 0 N–H and O–H groups in total. The van der Waals surface area contributed by atoms with E-state index in [0.29, 0.717) is 22.2 Å². The van der Waals surface area contributed by atoms with Crippen LogP contribution in [0.1, 0.15) is 60.0 Å². The van der Waals surface area contributed by atoms with Crippen LogP contribution in [-0.4, -0.2) is 46.9 Å². The topological polar surface area (TPSA) is 79.8 Å². The van der Waals surface area contributed by atoms with Crippen molar-refractivity contribution in [3.63, 3.8) is 0 Å². The largest absolute Gasteiger partial charge is 0.462 e. The fourth-order valence-electron chi connectivity index (χ4n) is 4.58. The third-order valence-corrected chi connectivity index (χ3v) is 7.43. The van der Waals surface area contributed by atoms with E-state index in [2.05, 4.69) is 4.98 Å². The molecule has 1 aromatic carbocycles. The lowest BCUT2D eigenvalue weighted by molar-refractivity contribution is -0.130. The van der Waals surface area contributed by atoms with Gasteiger partial charge in [0.05, 0.1) is 24.8 Å². The van der Waals surface area contributed by atoms with E-state index >= 15 is 0 Å². The van der Waals surface area contributed by atoms with Crippen LogP contribution in [0.25, 0.3) is 0 Å². The number of hydrogen-bond donors (Lipinski definition) is 0. The van der Waals surface area contributed by atoms with Crippen molar-refractivity contribution in [2.24, 2.45) is 5.92 Å². The molecule has 0 radical (unpaired) electrons. The number of nitrogens with zero attached hydrogens (tertiary/aromatic N) is 3. The van der Waals surface area contributed by atoms with E-state index < -0.39 is 11.9 Å². The van der Waals surface area contributed by atoms with Crippen LogP contribution in [0.15, 0.2) is 24.3 Å². The summed E-state index contributed by atoms with van der Waals surface area (Å²) in [6, 6.07) is 6.14. The van der Waals surface area contributed by atoms with Crippen molar-refractivity contribution in [3.8, 4) is 0 Å². The van der Waals surface area contributed by atoms with Gasteiger partial charge in [-0.1, -0.05) is 36.3 Å². The average Bonchev–Trinajstić information content (AvgIpc) is 3.53. The number of carbonyl (C=O) groups excluding carboxylic acids is 3. The molecular formula is C24H28FN3O4S. The van der Waals surface area contributed by atoms with Gasteiger partial charge in [0.15, 0.2) is 5.13 Å². The minimum atomic E-state index is -0.478. The summed E-state index contributed by atoms with van der Waals surface area (Å²) in [5.41, 5.74) is 1.22.